The number of rotatable bonds is 2. The summed E-state index contributed by atoms with van der Waals surface area (Å²) < 4.78 is 43.4. The lowest BCUT2D eigenvalue weighted by Crippen LogP contribution is -2.13. The minimum atomic E-state index is -4.58. The van der Waals surface area contributed by atoms with E-state index in [1.165, 1.54) is 0 Å². The van der Waals surface area contributed by atoms with Gasteiger partial charge in [0.2, 0.25) is 0 Å². The largest absolute Gasteiger partial charge is 0.464 e. The lowest BCUT2D eigenvalue weighted by atomic mass is 10.2. The first kappa shape index (κ1) is 16.6. The van der Waals surface area contributed by atoms with Gasteiger partial charge in [-0.15, -0.1) is 5.10 Å². The maximum atomic E-state index is 12.7. The molecule has 1 aromatic carbocycles. The Bertz CT molecular complexity index is 824. The van der Waals surface area contributed by atoms with Crippen molar-refractivity contribution in [3.63, 3.8) is 0 Å². The van der Waals surface area contributed by atoms with Gasteiger partial charge in [-0.2, -0.15) is 18.4 Å². The van der Waals surface area contributed by atoms with Gasteiger partial charge in [0.1, 0.15) is 11.6 Å². The van der Waals surface area contributed by atoms with Gasteiger partial charge < -0.3 is 10.5 Å². The van der Waals surface area contributed by atoms with Crippen molar-refractivity contribution in [3.05, 3.63) is 40.0 Å². The predicted molar refractivity (Wildman–Crippen MR) is 74.0 cm³/mol. The van der Waals surface area contributed by atoms with Crippen molar-refractivity contribution in [2.45, 2.75) is 6.18 Å². The van der Waals surface area contributed by atoms with Crippen LogP contribution in [0.25, 0.3) is 5.69 Å². The predicted octanol–water partition coefficient (Wildman–Crippen LogP) is 2.78. The summed E-state index contributed by atoms with van der Waals surface area (Å²) in [5, 5.41) is 12.5. The molecule has 2 aromatic rings. The van der Waals surface area contributed by atoms with E-state index in [2.05, 4.69) is 9.84 Å². The molecule has 0 saturated carbocycles. The number of carbonyl (C=O) groups is 1. The molecule has 0 fully saturated rings. The van der Waals surface area contributed by atoms with Gasteiger partial charge in [0.05, 0.1) is 23.4 Å². The van der Waals surface area contributed by atoms with Crippen LogP contribution < -0.4 is 5.73 Å². The Kier molecular flexibility index (Phi) is 4.20. The van der Waals surface area contributed by atoms with Crippen LogP contribution in [0, 0.1) is 11.3 Å². The number of nitrogens with zero attached hydrogens (tertiary/aromatic N) is 3. The molecule has 0 aliphatic heterocycles. The average molecular weight is 345 g/mol. The summed E-state index contributed by atoms with van der Waals surface area (Å²) in [6.45, 7) is 0. The van der Waals surface area contributed by atoms with E-state index >= 15 is 0 Å². The molecule has 10 heteroatoms. The molecular weight excluding hydrogens is 337 g/mol. The van der Waals surface area contributed by atoms with Gasteiger partial charge in [-0.05, 0) is 18.2 Å². The van der Waals surface area contributed by atoms with Crippen LogP contribution in [0.5, 0.6) is 0 Å². The minimum absolute atomic E-state index is 0.0479. The second kappa shape index (κ2) is 5.81. The molecule has 23 heavy (non-hydrogen) atoms. The maximum Gasteiger partial charge on any atom is 0.416 e. The first-order valence-electron chi connectivity index (χ1n) is 5.94. The number of ether oxygens (including phenoxy) is 1. The minimum Gasteiger partial charge on any atom is -0.464 e. The summed E-state index contributed by atoms with van der Waals surface area (Å²) >= 11 is 5.86. The van der Waals surface area contributed by atoms with Crippen LogP contribution in [0.4, 0.5) is 19.0 Å². The lowest BCUT2D eigenvalue weighted by molar-refractivity contribution is -0.137. The Hall–Kier alpha value is -2.73. The topological polar surface area (TPSA) is 93.9 Å². The van der Waals surface area contributed by atoms with Crippen LogP contribution in [-0.2, 0) is 10.9 Å². The highest BCUT2D eigenvalue weighted by molar-refractivity contribution is 6.32. The molecule has 2 rings (SSSR count). The summed E-state index contributed by atoms with van der Waals surface area (Å²) in [7, 11) is 1.07. The molecule has 0 spiro atoms. The Labute approximate surface area is 132 Å². The van der Waals surface area contributed by atoms with E-state index in [4.69, 9.17) is 22.6 Å². The standard InChI is InChI=1S/C13H8ClF3N4O2/c1-23-12(22)10-7(5-18)11(19)20-21(10)9-3-2-6(4-8(9)14)13(15,16)17/h2-4H,1H3,(H2,19,20). The summed E-state index contributed by atoms with van der Waals surface area (Å²) in [6, 6.07) is 4.16. The molecule has 0 aliphatic rings. The van der Waals surface area contributed by atoms with Crippen molar-refractivity contribution in [1.29, 1.82) is 5.26 Å². The zero-order valence-electron chi connectivity index (χ0n) is 11.5. The fourth-order valence-electron chi connectivity index (χ4n) is 1.86. The summed E-state index contributed by atoms with van der Waals surface area (Å²) in [4.78, 5) is 11.8. The van der Waals surface area contributed by atoms with Crippen LogP contribution in [0.3, 0.4) is 0 Å². The number of hydrogen-bond donors (Lipinski definition) is 1. The molecule has 1 heterocycles. The van der Waals surface area contributed by atoms with Gasteiger partial charge in [0.15, 0.2) is 11.5 Å². The normalized spacial score (nSPS) is 11.1. The van der Waals surface area contributed by atoms with Gasteiger partial charge in [-0.25, -0.2) is 9.48 Å². The number of hydrogen-bond acceptors (Lipinski definition) is 5. The van der Waals surface area contributed by atoms with Crippen molar-refractivity contribution >= 4 is 23.4 Å². The molecule has 0 saturated heterocycles. The Balaban J connectivity index is 2.69. The van der Waals surface area contributed by atoms with Crippen LogP contribution in [-0.4, -0.2) is 22.9 Å². The fourth-order valence-corrected chi connectivity index (χ4v) is 2.12. The molecule has 1 aromatic heterocycles. The average Bonchev–Trinajstić information content (AvgIpc) is 2.81. The van der Waals surface area contributed by atoms with Crippen LogP contribution in [0.2, 0.25) is 5.02 Å². The number of anilines is 1. The number of methoxy groups -OCH3 is 1. The third kappa shape index (κ3) is 2.93. The Morgan fingerprint density at radius 3 is 2.61 bits per heavy atom. The maximum absolute atomic E-state index is 12.7. The highest BCUT2D eigenvalue weighted by atomic mass is 35.5. The fraction of sp³-hybridized carbons (Fsp3) is 0.154. The molecule has 0 radical (unpaired) electrons. The van der Waals surface area contributed by atoms with E-state index in [9.17, 15) is 18.0 Å². The molecule has 6 nitrogen and oxygen atoms in total. The SMILES string of the molecule is COC(=O)c1c(C#N)c(N)nn1-c1ccc(C(F)(F)F)cc1Cl. The van der Waals surface area contributed by atoms with Gasteiger partial charge in [0.25, 0.3) is 0 Å². The highest BCUT2D eigenvalue weighted by Crippen LogP contribution is 2.34. The van der Waals surface area contributed by atoms with Gasteiger partial charge in [0, 0.05) is 0 Å². The molecule has 120 valence electrons. The van der Waals surface area contributed by atoms with E-state index < -0.39 is 17.7 Å². The van der Waals surface area contributed by atoms with Crippen LogP contribution in [0.15, 0.2) is 18.2 Å². The lowest BCUT2D eigenvalue weighted by Gasteiger charge is -2.11. The molecule has 0 unspecified atom stereocenters. The molecule has 0 aliphatic carbocycles. The number of aromatic nitrogens is 2. The number of nitrogen functional groups attached to an aromatic ring is 1. The first-order chi connectivity index (χ1) is 10.7. The van der Waals surface area contributed by atoms with E-state index in [1.54, 1.807) is 6.07 Å². The number of nitriles is 1. The van der Waals surface area contributed by atoms with Crippen molar-refractivity contribution in [2.75, 3.05) is 12.8 Å². The smallest absolute Gasteiger partial charge is 0.416 e. The third-order valence-electron chi connectivity index (χ3n) is 2.91. The monoisotopic (exact) mass is 344 g/mol. The van der Waals surface area contributed by atoms with Crippen LogP contribution >= 0.6 is 11.6 Å². The number of esters is 1. The second-order valence-corrected chi connectivity index (χ2v) is 4.70. The van der Waals surface area contributed by atoms with Gasteiger partial charge in [-0.3, -0.25) is 0 Å². The summed E-state index contributed by atoms with van der Waals surface area (Å²) in [5.74, 6) is -1.20. The number of alkyl halides is 3. The van der Waals surface area contributed by atoms with Crippen molar-refractivity contribution < 1.29 is 22.7 Å². The third-order valence-corrected chi connectivity index (χ3v) is 3.21. The Morgan fingerprint density at radius 2 is 2.13 bits per heavy atom. The number of nitrogens with two attached hydrogens (primary N) is 1. The first-order valence-corrected chi connectivity index (χ1v) is 6.32. The zero-order valence-corrected chi connectivity index (χ0v) is 12.2. The summed E-state index contributed by atoms with van der Waals surface area (Å²) in [6.07, 6.45) is -4.58. The highest BCUT2D eigenvalue weighted by Gasteiger charge is 2.32. The van der Waals surface area contributed by atoms with E-state index in [1.807, 2.05) is 0 Å². The number of benzene rings is 1. The van der Waals surface area contributed by atoms with E-state index in [0.29, 0.717) is 6.07 Å². The van der Waals surface area contributed by atoms with Crippen molar-refractivity contribution in [1.82, 2.24) is 9.78 Å². The van der Waals surface area contributed by atoms with E-state index in [0.717, 1.165) is 23.9 Å². The van der Waals surface area contributed by atoms with Crippen molar-refractivity contribution in [2.24, 2.45) is 0 Å². The van der Waals surface area contributed by atoms with Crippen LogP contribution in [0.1, 0.15) is 21.6 Å². The molecule has 0 atom stereocenters. The summed E-state index contributed by atoms with van der Waals surface area (Å²) in [5.41, 5.74) is 3.95. The van der Waals surface area contributed by atoms with Crippen molar-refractivity contribution in [3.8, 4) is 11.8 Å². The molecule has 0 bridgehead atoms. The van der Waals surface area contributed by atoms with Gasteiger partial charge in [-0.1, -0.05) is 11.6 Å². The molecule has 0 amide bonds. The molecular formula is C13H8ClF3N4O2. The second-order valence-electron chi connectivity index (χ2n) is 4.29. The van der Waals surface area contributed by atoms with Gasteiger partial charge >= 0.3 is 12.1 Å². The zero-order chi connectivity index (χ0) is 17.4. The number of halogens is 4. The number of carbonyl (C=O) groups excluding carboxylic acids is 1. The van der Waals surface area contributed by atoms with E-state index in [-0.39, 0.29) is 27.8 Å². The Morgan fingerprint density at radius 1 is 1.48 bits per heavy atom. The quantitative estimate of drug-likeness (QED) is 0.845. The molecule has 2 N–H and O–H groups in total.